The minimum atomic E-state index is -2.10. The van der Waals surface area contributed by atoms with E-state index in [-0.39, 0.29) is 48.9 Å². The quantitative estimate of drug-likeness (QED) is 0.337. The molecule has 7 heteroatoms. The van der Waals surface area contributed by atoms with E-state index in [1.807, 2.05) is 6.92 Å². The molecule has 0 amide bonds. The van der Waals surface area contributed by atoms with Crippen LogP contribution in [0.3, 0.4) is 0 Å². The number of benzene rings is 1. The topological polar surface area (TPSA) is 0 Å². The fourth-order valence-electron chi connectivity index (χ4n) is 1.42. The number of rotatable bonds is 4. The molecular formula is C11H12ArF6. The Balaban J connectivity index is 0. The van der Waals surface area contributed by atoms with E-state index in [1.165, 1.54) is 0 Å². The maximum atomic E-state index is 13.1. The first kappa shape index (κ1) is 20.4. The van der Waals surface area contributed by atoms with Crippen molar-refractivity contribution in [2.45, 2.75) is 32.6 Å². The van der Waals surface area contributed by atoms with Crippen LogP contribution in [0.15, 0.2) is 0 Å². The third-order valence-corrected chi connectivity index (χ3v) is 2.33. The smallest absolute Gasteiger partial charge is 0.200 e. The summed E-state index contributed by atoms with van der Waals surface area (Å²) in [4.78, 5) is 0. The Morgan fingerprint density at radius 2 is 1.11 bits per heavy atom. The molecule has 18 heavy (non-hydrogen) atoms. The molecule has 0 aliphatic rings. The Morgan fingerprint density at radius 3 is 1.50 bits per heavy atom. The normalized spacial score (nSPS) is 9.67. The van der Waals surface area contributed by atoms with Gasteiger partial charge in [-0.2, -0.15) is 0 Å². The Bertz CT molecular complexity index is 365. The summed E-state index contributed by atoms with van der Waals surface area (Å²) in [5, 5.41) is 0. The summed E-state index contributed by atoms with van der Waals surface area (Å²) in [5.74, 6) is -9.27. The monoisotopic (exact) mass is 298 g/mol. The number of halogens is 6. The second-order valence-corrected chi connectivity index (χ2v) is 3.51. The first-order chi connectivity index (χ1) is 7.50. The Hall–Kier alpha value is 0.0597. The van der Waals surface area contributed by atoms with Crippen LogP contribution >= 0.6 is 0 Å². The molecule has 0 radical (unpaired) electrons. The van der Waals surface area contributed by atoms with Crippen LogP contribution < -0.4 is 0 Å². The molecule has 0 heterocycles. The van der Waals surface area contributed by atoms with Gasteiger partial charge in [0.2, 0.25) is 5.82 Å². The standard InChI is InChI=1S/C11H11F5.Ar.FH/c1-2-3-4-5-6-7(12)9(14)11(16)10(15)8(6)13;;/h2-5H2,1H3;;1H. The van der Waals surface area contributed by atoms with E-state index in [0.29, 0.717) is 12.8 Å². The number of unbranched alkanes of at least 4 members (excludes halogenated alkanes) is 2. The van der Waals surface area contributed by atoms with Gasteiger partial charge in [0.1, 0.15) is 0 Å². The molecule has 0 atom stereocenters. The van der Waals surface area contributed by atoms with Crippen LogP contribution in [-0.4, -0.2) is 0 Å². The Kier molecular flexibility index (Phi) is 10.2. The summed E-state index contributed by atoms with van der Waals surface area (Å²) >= 11 is 0. The van der Waals surface area contributed by atoms with E-state index in [2.05, 4.69) is 0 Å². The van der Waals surface area contributed by atoms with Crippen molar-refractivity contribution in [3.63, 3.8) is 0 Å². The summed E-state index contributed by atoms with van der Waals surface area (Å²) in [7, 11) is 0. The van der Waals surface area contributed by atoms with E-state index >= 15 is 0 Å². The molecule has 0 N–H and O–H groups in total. The fraction of sp³-hybridized carbons (Fsp3) is 0.455. The molecule has 0 saturated heterocycles. The molecule has 0 saturated carbocycles. The fourth-order valence-corrected chi connectivity index (χ4v) is 1.42. The molecular weight excluding hydrogens is 286 g/mol. The molecule has 0 aliphatic heterocycles. The molecule has 0 unspecified atom stereocenters. The van der Waals surface area contributed by atoms with Crippen molar-refractivity contribution in [1.82, 2.24) is 0 Å². The molecule has 1 rings (SSSR count). The SMILES string of the molecule is CCCCCc1c(F)c(F)c(F)c(F)c1F.F.[Ar]. The maximum Gasteiger partial charge on any atom is 0.200 e. The molecule has 0 spiro atoms. The second-order valence-electron chi connectivity index (χ2n) is 3.51. The van der Waals surface area contributed by atoms with Crippen molar-refractivity contribution in [2.75, 3.05) is 0 Å². The zero-order valence-electron chi connectivity index (χ0n) is 9.48. The predicted molar refractivity (Wildman–Crippen MR) is 52.0 cm³/mol. The molecule has 106 valence electrons. The largest absolute Gasteiger partial charge is 0.269 e. The van der Waals surface area contributed by atoms with Crippen molar-refractivity contribution < 1.29 is 64.4 Å². The minimum absolute atomic E-state index is 0. The van der Waals surface area contributed by atoms with Gasteiger partial charge in [0.15, 0.2) is 23.3 Å². The molecule has 1 aromatic carbocycles. The van der Waals surface area contributed by atoms with Gasteiger partial charge in [0.05, 0.1) is 0 Å². The van der Waals surface area contributed by atoms with Crippen molar-refractivity contribution in [3.05, 3.63) is 34.6 Å². The van der Waals surface area contributed by atoms with Crippen LogP contribution in [0.5, 0.6) is 0 Å². The van der Waals surface area contributed by atoms with E-state index in [9.17, 15) is 22.0 Å². The molecule has 1 aromatic rings. The number of hydrogen-bond acceptors (Lipinski definition) is 0. The average molecular weight is 298 g/mol. The van der Waals surface area contributed by atoms with Gasteiger partial charge in [-0.15, -0.1) is 0 Å². The van der Waals surface area contributed by atoms with Gasteiger partial charge in [0, 0.05) is 43.3 Å². The van der Waals surface area contributed by atoms with Crippen molar-refractivity contribution in [1.29, 1.82) is 0 Å². The van der Waals surface area contributed by atoms with Gasteiger partial charge in [-0.25, -0.2) is 22.0 Å². The Morgan fingerprint density at radius 1 is 0.722 bits per heavy atom. The van der Waals surface area contributed by atoms with Gasteiger partial charge in [-0.05, 0) is 12.8 Å². The van der Waals surface area contributed by atoms with E-state index in [4.69, 9.17) is 0 Å². The second kappa shape index (κ2) is 9.04. The summed E-state index contributed by atoms with van der Waals surface area (Å²) in [5.41, 5.74) is -0.718. The number of hydrogen-bond donors (Lipinski definition) is 0. The first-order valence-corrected chi connectivity index (χ1v) is 5.01. The maximum absolute atomic E-state index is 13.1. The molecule has 0 fully saturated rings. The van der Waals surface area contributed by atoms with E-state index in [1.54, 1.807) is 0 Å². The summed E-state index contributed by atoms with van der Waals surface area (Å²) in [6, 6.07) is 0. The van der Waals surface area contributed by atoms with Crippen LogP contribution in [-0.2, 0) is 6.42 Å². The molecule has 0 bridgehead atoms. The van der Waals surface area contributed by atoms with Crippen LogP contribution in [0.4, 0.5) is 26.7 Å². The third-order valence-electron chi connectivity index (χ3n) is 2.33. The summed E-state index contributed by atoms with van der Waals surface area (Å²) < 4.78 is 64.4. The van der Waals surface area contributed by atoms with Gasteiger partial charge < -0.3 is 0 Å². The third kappa shape index (κ3) is 4.31. The van der Waals surface area contributed by atoms with Crippen molar-refractivity contribution in [2.24, 2.45) is 0 Å². The zero-order chi connectivity index (χ0) is 12.3. The molecule has 0 aromatic heterocycles. The van der Waals surface area contributed by atoms with E-state index in [0.717, 1.165) is 6.42 Å². The van der Waals surface area contributed by atoms with Crippen LogP contribution in [0.1, 0.15) is 31.7 Å². The molecule has 0 aliphatic carbocycles. The van der Waals surface area contributed by atoms with Crippen LogP contribution in [0.2, 0.25) is 0 Å². The first-order valence-electron chi connectivity index (χ1n) is 5.01. The van der Waals surface area contributed by atoms with Crippen molar-refractivity contribution in [3.8, 4) is 0 Å². The summed E-state index contributed by atoms with van der Waals surface area (Å²) in [6.07, 6.45) is 1.74. The van der Waals surface area contributed by atoms with Gasteiger partial charge in [-0.3, -0.25) is 4.70 Å². The molecule has 0 nitrogen and oxygen atoms in total. The Labute approximate surface area is 131 Å². The van der Waals surface area contributed by atoms with Gasteiger partial charge in [0.25, 0.3) is 0 Å². The average Bonchev–Trinajstić information content (AvgIpc) is 2.28. The van der Waals surface area contributed by atoms with E-state index < -0.39 is 34.6 Å². The van der Waals surface area contributed by atoms with Crippen LogP contribution in [0, 0.1) is 66.8 Å². The van der Waals surface area contributed by atoms with Crippen LogP contribution in [0.25, 0.3) is 0 Å². The zero-order valence-corrected chi connectivity index (χ0v) is 10.2. The van der Waals surface area contributed by atoms with Gasteiger partial charge >= 0.3 is 0 Å². The minimum Gasteiger partial charge on any atom is -0.269 e. The van der Waals surface area contributed by atoms with Crippen molar-refractivity contribution >= 4 is 0 Å². The summed E-state index contributed by atoms with van der Waals surface area (Å²) in [6.45, 7) is 1.87. The van der Waals surface area contributed by atoms with Gasteiger partial charge in [-0.1, -0.05) is 19.8 Å². The predicted octanol–water partition coefficient (Wildman–Crippen LogP) is 4.27.